The van der Waals surface area contributed by atoms with Gasteiger partial charge in [-0.15, -0.1) is 0 Å². The summed E-state index contributed by atoms with van der Waals surface area (Å²) in [6.45, 7) is 7.44. The second kappa shape index (κ2) is 5.84. The second-order valence-electron chi connectivity index (χ2n) is 6.40. The molecule has 112 valence electrons. The molecule has 0 aromatic heterocycles. The van der Waals surface area contributed by atoms with Gasteiger partial charge in [0.15, 0.2) is 0 Å². The molecule has 1 saturated carbocycles. The van der Waals surface area contributed by atoms with E-state index < -0.39 is 10.0 Å². The zero-order valence-electron chi connectivity index (χ0n) is 12.4. The van der Waals surface area contributed by atoms with Crippen LogP contribution in [0.15, 0.2) is 29.2 Å². The molecule has 1 aromatic carbocycles. The van der Waals surface area contributed by atoms with Crippen molar-refractivity contribution in [1.29, 1.82) is 0 Å². The van der Waals surface area contributed by atoms with Crippen LogP contribution in [0, 0.1) is 0 Å². The van der Waals surface area contributed by atoms with E-state index in [0.717, 1.165) is 5.56 Å². The molecule has 2 N–H and O–H groups in total. The molecule has 0 atom stereocenters. The van der Waals surface area contributed by atoms with Crippen molar-refractivity contribution in [2.75, 3.05) is 13.1 Å². The minimum atomic E-state index is -3.39. The first kappa shape index (κ1) is 15.5. The van der Waals surface area contributed by atoms with E-state index in [1.54, 1.807) is 12.1 Å². The van der Waals surface area contributed by atoms with Crippen LogP contribution >= 0.6 is 0 Å². The lowest BCUT2D eigenvalue weighted by Crippen LogP contribution is -2.32. The zero-order chi connectivity index (χ0) is 14.8. The summed E-state index contributed by atoms with van der Waals surface area (Å²) in [5, 5.41) is 3.28. The largest absolute Gasteiger partial charge is 0.313 e. The van der Waals surface area contributed by atoms with Gasteiger partial charge in [0, 0.05) is 19.1 Å². The fraction of sp³-hybridized carbons (Fsp3) is 0.600. The van der Waals surface area contributed by atoms with E-state index in [9.17, 15) is 8.42 Å². The molecule has 20 heavy (non-hydrogen) atoms. The van der Waals surface area contributed by atoms with Gasteiger partial charge in [-0.1, -0.05) is 32.9 Å². The molecule has 0 amide bonds. The highest BCUT2D eigenvalue weighted by atomic mass is 32.2. The van der Waals surface area contributed by atoms with Gasteiger partial charge in [0.25, 0.3) is 0 Å². The third kappa shape index (κ3) is 4.30. The molecule has 0 spiro atoms. The number of nitrogens with one attached hydrogen (secondary N) is 2. The van der Waals surface area contributed by atoms with Crippen LogP contribution in [0.1, 0.15) is 39.2 Å². The summed E-state index contributed by atoms with van der Waals surface area (Å²) >= 11 is 0. The van der Waals surface area contributed by atoms with E-state index in [-0.39, 0.29) is 5.41 Å². The Balaban J connectivity index is 1.94. The zero-order valence-corrected chi connectivity index (χ0v) is 13.3. The monoisotopic (exact) mass is 296 g/mol. The molecular formula is C15H24N2O2S. The number of benzene rings is 1. The van der Waals surface area contributed by atoms with Crippen LogP contribution in [0.25, 0.3) is 0 Å². The molecule has 1 fully saturated rings. The summed E-state index contributed by atoms with van der Waals surface area (Å²) < 4.78 is 26.9. The van der Waals surface area contributed by atoms with Crippen LogP contribution in [-0.4, -0.2) is 27.5 Å². The van der Waals surface area contributed by atoms with E-state index >= 15 is 0 Å². The van der Waals surface area contributed by atoms with Gasteiger partial charge in [0.2, 0.25) is 10.0 Å². The number of hydrogen-bond donors (Lipinski definition) is 2. The predicted octanol–water partition coefficient (Wildman–Crippen LogP) is 2.01. The SMILES string of the molecule is CC(C)(C)c1ccc(S(=O)(=O)NCCNC2CC2)cc1. The molecule has 0 bridgehead atoms. The van der Waals surface area contributed by atoms with E-state index in [2.05, 4.69) is 30.8 Å². The summed E-state index contributed by atoms with van der Waals surface area (Å²) in [4.78, 5) is 0.330. The first-order chi connectivity index (χ1) is 9.29. The Kier molecular flexibility index (Phi) is 4.52. The average molecular weight is 296 g/mol. The van der Waals surface area contributed by atoms with Crippen molar-refractivity contribution in [3.05, 3.63) is 29.8 Å². The quantitative estimate of drug-likeness (QED) is 0.790. The highest BCUT2D eigenvalue weighted by Crippen LogP contribution is 2.23. The molecule has 0 heterocycles. The summed E-state index contributed by atoms with van der Waals surface area (Å²) in [6, 6.07) is 7.73. The Bertz CT molecular complexity index is 540. The third-order valence-electron chi connectivity index (χ3n) is 3.46. The minimum absolute atomic E-state index is 0.0317. The lowest BCUT2D eigenvalue weighted by Gasteiger charge is -2.19. The first-order valence-electron chi connectivity index (χ1n) is 7.13. The topological polar surface area (TPSA) is 58.2 Å². The average Bonchev–Trinajstić information content (AvgIpc) is 3.18. The molecule has 1 aliphatic carbocycles. The van der Waals surface area contributed by atoms with Gasteiger partial charge >= 0.3 is 0 Å². The van der Waals surface area contributed by atoms with Gasteiger partial charge in [-0.25, -0.2) is 13.1 Å². The van der Waals surface area contributed by atoms with Crippen LogP contribution in [-0.2, 0) is 15.4 Å². The molecule has 0 saturated heterocycles. The molecule has 0 aliphatic heterocycles. The number of rotatable bonds is 6. The maximum Gasteiger partial charge on any atom is 0.240 e. The molecule has 0 radical (unpaired) electrons. The van der Waals surface area contributed by atoms with Crippen LogP contribution in [0.5, 0.6) is 0 Å². The van der Waals surface area contributed by atoms with Gasteiger partial charge in [-0.2, -0.15) is 0 Å². The smallest absolute Gasteiger partial charge is 0.240 e. The van der Waals surface area contributed by atoms with Gasteiger partial charge in [0.05, 0.1) is 4.90 Å². The molecular weight excluding hydrogens is 272 g/mol. The highest BCUT2D eigenvalue weighted by Gasteiger charge is 2.20. The maximum absolute atomic E-state index is 12.1. The standard InChI is InChI=1S/C15H24N2O2S/c1-15(2,3)12-4-8-14(9-5-12)20(18,19)17-11-10-16-13-6-7-13/h4-5,8-9,13,16-17H,6-7,10-11H2,1-3H3. The molecule has 2 rings (SSSR count). The Morgan fingerprint density at radius 2 is 1.70 bits per heavy atom. The van der Waals surface area contributed by atoms with Crippen molar-refractivity contribution in [3.63, 3.8) is 0 Å². The van der Waals surface area contributed by atoms with Crippen LogP contribution in [0.4, 0.5) is 0 Å². The van der Waals surface area contributed by atoms with E-state index in [1.807, 2.05) is 12.1 Å². The minimum Gasteiger partial charge on any atom is -0.313 e. The van der Waals surface area contributed by atoms with E-state index in [1.165, 1.54) is 12.8 Å². The van der Waals surface area contributed by atoms with Gasteiger partial charge in [0.1, 0.15) is 0 Å². The summed E-state index contributed by atoms with van der Waals surface area (Å²) in [5.74, 6) is 0. The maximum atomic E-state index is 12.1. The summed E-state index contributed by atoms with van der Waals surface area (Å²) in [6.07, 6.45) is 2.42. The normalized spacial score (nSPS) is 16.4. The van der Waals surface area contributed by atoms with E-state index in [0.29, 0.717) is 24.0 Å². The second-order valence-corrected chi connectivity index (χ2v) is 8.17. The molecule has 4 nitrogen and oxygen atoms in total. The third-order valence-corrected chi connectivity index (χ3v) is 4.94. The summed E-state index contributed by atoms with van der Waals surface area (Å²) in [5.41, 5.74) is 1.16. The van der Waals surface area contributed by atoms with Gasteiger partial charge in [-0.05, 0) is 36.0 Å². The van der Waals surface area contributed by atoms with Crippen LogP contribution in [0.2, 0.25) is 0 Å². The Morgan fingerprint density at radius 3 is 2.20 bits per heavy atom. The number of hydrogen-bond acceptors (Lipinski definition) is 3. The predicted molar refractivity (Wildman–Crippen MR) is 81.4 cm³/mol. The van der Waals surface area contributed by atoms with Crippen molar-refractivity contribution in [3.8, 4) is 0 Å². The van der Waals surface area contributed by atoms with Crippen molar-refractivity contribution in [2.24, 2.45) is 0 Å². The Labute approximate surface area is 122 Å². The van der Waals surface area contributed by atoms with Gasteiger partial charge < -0.3 is 5.32 Å². The van der Waals surface area contributed by atoms with E-state index in [4.69, 9.17) is 0 Å². The Morgan fingerprint density at radius 1 is 1.10 bits per heavy atom. The van der Waals surface area contributed by atoms with Crippen molar-refractivity contribution in [2.45, 2.75) is 50.0 Å². The lowest BCUT2D eigenvalue weighted by atomic mass is 9.87. The van der Waals surface area contributed by atoms with Crippen molar-refractivity contribution >= 4 is 10.0 Å². The fourth-order valence-corrected chi connectivity index (χ4v) is 3.00. The summed E-state index contributed by atoms with van der Waals surface area (Å²) in [7, 11) is -3.39. The first-order valence-corrected chi connectivity index (χ1v) is 8.61. The Hall–Kier alpha value is -0.910. The van der Waals surface area contributed by atoms with Crippen molar-refractivity contribution < 1.29 is 8.42 Å². The van der Waals surface area contributed by atoms with Crippen LogP contribution in [0.3, 0.4) is 0 Å². The van der Waals surface area contributed by atoms with Crippen molar-refractivity contribution in [1.82, 2.24) is 10.0 Å². The fourth-order valence-electron chi connectivity index (χ4n) is 1.97. The molecule has 1 aliphatic rings. The molecule has 0 unspecified atom stereocenters. The van der Waals surface area contributed by atoms with Gasteiger partial charge in [-0.3, -0.25) is 0 Å². The van der Waals surface area contributed by atoms with Crippen LogP contribution < -0.4 is 10.0 Å². The molecule has 5 heteroatoms. The number of sulfonamides is 1. The molecule has 1 aromatic rings. The highest BCUT2D eigenvalue weighted by molar-refractivity contribution is 7.89. The lowest BCUT2D eigenvalue weighted by molar-refractivity contribution is 0.573.